The molecule has 2 rings (SSSR count). The first-order chi connectivity index (χ1) is 11.7. The molecule has 0 bridgehead atoms. The largest absolute Gasteiger partial charge is 0.466 e. The van der Waals surface area contributed by atoms with Crippen LogP contribution in [0.25, 0.3) is 0 Å². The fraction of sp³-hybridized carbons (Fsp3) is 0.579. The number of esters is 2. The van der Waals surface area contributed by atoms with E-state index in [1.807, 2.05) is 6.07 Å². The van der Waals surface area contributed by atoms with Crippen LogP contribution in [0.1, 0.15) is 43.5 Å². The van der Waals surface area contributed by atoms with Crippen LogP contribution < -0.4 is 0 Å². The predicted octanol–water partition coefficient (Wildman–Crippen LogP) is 3.48. The minimum atomic E-state index is -0.422. The van der Waals surface area contributed by atoms with Crippen molar-refractivity contribution in [3.05, 3.63) is 35.9 Å². The molecule has 0 aromatic heterocycles. The van der Waals surface area contributed by atoms with E-state index in [0.29, 0.717) is 25.1 Å². The maximum Gasteiger partial charge on any atom is 0.338 e. The summed E-state index contributed by atoms with van der Waals surface area (Å²) in [6.07, 6.45) is 2.46. The number of likely N-dealkylation sites (tertiary alicyclic amines) is 1. The van der Waals surface area contributed by atoms with Crippen molar-refractivity contribution in [2.24, 2.45) is 5.92 Å². The van der Waals surface area contributed by atoms with Gasteiger partial charge in [0.05, 0.1) is 12.2 Å². The number of hydrogen-bond donors (Lipinski definition) is 0. The lowest BCUT2D eigenvalue weighted by Gasteiger charge is -2.36. The molecule has 0 N–H and O–H groups in total. The van der Waals surface area contributed by atoms with E-state index in [2.05, 4.69) is 11.8 Å². The molecule has 0 spiro atoms. The van der Waals surface area contributed by atoms with Gasteiger partial charge in [-0.05, 0) is 38.4 Å². The molecule has 0 amide bonds. The van der Waals surface area contributed by atoms with E-state index in [4.69, 9.17) is 9.47 Å². The van der Waals surface area contributed by atoms with Crippen LogP contribution in [0.2, 0.25) is 0 Å². The zero-order valence-electron chi connectivity index (χ0n) is 15.0. The topological polar surface area (TPSA) is 55.8 Å². The minimum Gasteiger partial charge on any atom is -0.466 e. The number of carbonyl (C=O) groups excluding carboxylic acids is 2. The first-order valence-corrected chi connectivity index (χ1v) is 8.80. The van der Waals surface area contributed by atoms with Crippen molar-refractivity contribution in [3.8, 4) is 0 Å². The fourth-order valence-electron chi connectivity index (χ4n) is 2.98. The number of rotatable bonds is 7. The molecule has 140 valence electrons. The lowest BCUT2D eigenvalue weighted by Crippen LogP contribution is -2.48. The van der Waals surface area contributed by atoms with Gasteiger partial charge in [-0.3, -0.25) is 4.79 Å². The Morgan fingerprint density at radius 3 is 2.56 bits per heavy atom. The van der Waals surface area contributed by atoms with Crippen LogP contribution in [0.4, 0.5) is 0 Å². The number of nitrogens with zero attached hydrogens (tertiary/aromatic N) is 1. The average molecular weight is 414 g/mol. The van der Waals surface area contributed by atoms with E-state index in [1.54, 1.807) is 31.2 Å². The van der Waals surface area contributed by atoms with Crippen LogP contribution in [-0.4, -0.2) is 49.2 Å². The smallest absolute Gasteiger partial charge is 0.338 e. The van der Waals surface area contributed by atoms with E-state index in [9.17, 15) is 9.59 Å². The monoisotopic (exact) mass is 413 g/mol. The molecule has 5 nitrogen and oxygen atoms in total. The van der Waals surface area contributed by atoms with Gasteiger partial charge < -0.3 is 14.4 Å². The van der Waals surface area contributed by atoms with Crippen molar-refractivity contribution in [1.82, 2.24) is 4.90 Å². The van der Waals surface area contributed by atoms with Gasteiger partial charge in [-0.2, -0.15) is 0 Å². The number of halogens is 1. The second-order valence-electron chi connectivity index (χ2n) is 6.11. The van der Waals surface area contributed by atoms with Crippen LogP contribution in [-0.2, 0) is 14.3 Å². The lowest BCUT2D eigenvalue weighted by molar-refractivity contribution is -0.155. The summed E-state index contributed by atoms with van der Waals surface area (Å²) < 4.78 is 10.8. The summed E-state index contributed by atoms with van der Waals surface area (Å²) in [5.74, 6) is -1.07. The molecule has 1 fully saturated rings. The standard InChI is InChI=1S/C19H27NO4.BrH/c1-3-5-12-20-13-11-17(16(14-20)19(22)23-4-2)24-18(21)15-9-7-6-8-10-15;/h6-10,16-17H,3-5,11-14H2,1-2H3;1H. The molecule has 2 unspecified atom stereocenters. The van der Waals surface area contributed by atoms with Gasteiger partial charge in [0.1, 0.15) is 12.0 Å². The molecule has 1 heterocycles. The SMILES string of the molecule is Br.CCCCN1CCC(OC(=O)c2ccccc2)C(C(=O)OCC)C1. The quantitative estimate of drug-likeness (QED) is 0.640. The molecular formula is C19H28BrNO4. The lowest BCUT2D eigenvalue weighted by atomic mass is 9.94. The highest BCUT2D eigenvalue weighted by molar-refractivity contribution is 8.93. The number of unbranched alkanes of at least 4 members (excludes halogenated alkanes) is 1. The van der Waals surface area contributed by atoms with E-state index in [1.165, 1.54) is 0 Å². The van der Waals surface area contributed by atoms with Crippen LogP contribution in [0, 0.1) is 5.92 Å². The zero-order valence-corrected chi connectivity index (χ0v) is 16.7. The van der Waals surface area contributed by atoms with Crippen LogP contribution in [0.3, 0.4) is 0 Å². The Kier molecular flexibility index (Phi) is 9.75. The van der Waals surface area contributed by atoms with Crippen LogP contribution >= 0.6 is 17.0 Å². The first kappa shape index (κ1) is 21.6. The maximum absolute atomic E-state index is 12.3. The molecule has 1 saturated heterocycles. The summed E-state index contributed by atoms with van der Waals surface area (Å²) in [6.45, 7) is 6.67. The molecule has 0 aliphatic carbocycles. The molecule has 1 aromatic rings. The van der Waals surface area contributed by atoms with Crippen molar-refractivity contribution < 1.29 is 19.1 Å². The number of ether oxygens (including phenoxy) is 2. The summed E-state index contributed by atoms with van der Waals surface area (Å²) in [7, 11) is 0. The minimum absolute atomic E-state index is 0. The third-order valence-electron chi connectivity index (χ3n) is 4.32. The first-order valence-electron chi connectivity index (χ1n) is 8.80. The Hall–Kier alpha value is -1.40. The van der Waals surface area contributed by atoms with Gasteiger partial charge in [0.25, 0.3) is 0 Å². The second-order valence-corrected chi connectivity index (χ2v) is 6.11. The normalized spacial score (nSPS) is 20.4. The Balaban J connectivity index is 0.00000312. The Morgan fingerprint density at radius 2 is 1.92 bits per heavy atom. The van der Waals surface area contributed by atoms with Gasteiger partial charge in [0.2, 0.25) is 0 Å². The van der Waals surface area contributed by atoms with Crippen LogP contribution in [0.15, 0.2) is 30.3 Å². The number of benzene rings is 1. The predicted molar refractivity (Wildman–Crippen MR) is 102 cm³/mol. The summed E-state index contributed by atoms with van der Waals surface area (Å²) in [5, 5.41) is 0. The molecule has 1 aromatic carbocycles. The van der Waals surface area contributed by atoms with Gasteiger partial charge >= 0.3 is 11.9 Å². The van der Waals surface area contributed by atoms with Gasteiger partial charge in [-0.1, -0.05) is 31.5 Å². The molecule has 1 aliphatic heterocycles. The Labute approximate surface area is 160 Å². The summed E-state index contributed by atoms with van der Waals surface area (Å²) in [5.41, 5.74) is 0.508. The van der Waals surface area contributed by atoms with Gasteiger partial charge in [-0.15, -0.1) is 17.0 Å². The van der Waals surface area contributed by atoms with Crippen molar-refractivity contribution in [2.75, 3.05) is 26.2 Å². The molecule has 0 saturated carbocycles. The molecule has 2 atom stereocenters. The number of piperidine rings is 1. The fourth-order valence-corrected chi connectivity index (χ4v) is 2.98. The third kappa shape index (κ3) is 6.44. The zero-order chi connectivity index (χ0) is 17.4. The summed E-state index contributed by atoms with van der Waals surface area (Å²) in [4.78, 5) is 26.9. The average Bonchev–Trinajstić information content (AvgIpc) is 2.61. The molecule has 6 heteroatoms. The van der Waals surface area contributed by atoms with Crippen LogP contribution in [0.5, 0.6) is 0 Å². The number of carbonyl (C=O) groups is 2. The Morgan fingerprint density at radius 1 is 1.20 bits per heavy atom. The van der Waals surface area contributed by atoms with Crippen molar-refractivity contribution in [2.45, 2.75) is 39.2 Å². The molecule has 1 aliphatic rings. The third-order valence-corrected chi connectivity index (χ3v) is 4.32. The van der Waals surface area contributed by atoms with Gasteiger partial charge in [0.15, 0.2) is 0 Å². The Bertz CT molecular complexity index is 537. The molecule has 0 radical (unpaired) electrons. The summed E-state index contributed by atoms with van der Waals surface area (Å²) in [6, 6.07) is 8.89. The summed E-state index contributed by atoms with van der Waals surface area (Å²) >= 11 is 0. The van der Waals surface area contributed by atoms with E-state index >= 15 is 0 Å². The van der Waals surface area contributed by atoms with E-state index < -0.39 is 12.0 Å². The highest BCUT2D eigenvalue weighted by Gasteiger charge is 2.37. The van der Waals surface area contributed by atoms with Crippen molar-refractivity contribution in [3.63, 3.8) is 0 Å². The highest BCUT2D eigenvalue weighted by atomic mass is 79.9. The van der Waals surface area contributed by atoms with E-state index in [-0.39, 0.29) is 28.9 Å². The number of hydrogen-bond acceptors (Lipinski definition) is 5. The van der Waals surface area contributed by atoms with Crippen molar-refractivity contribution in [1.29, 1.82) is 0 Å². The van der Waals surface area contributed by atoms with Crippen molar-refractivity contribution >= 4 is 28.9 Å². The molecule has 25 heavy (non-hydrogen) atoms. The van der Waals surface area contributed by atoms with Gasteiger partial charge in [0, 0.05) is 13.1 Å². The van der Waals surface area contributed by atoms with Gasteiger partial charge in [-0.25, -0.2) is 4.79 Å². The molecular weight excluding hydrogens is 386 g/mol. The van der Waals surface area contributed by atoms with E-state index in [0.717, 1.165) is 25.9 Å². The second kappa shape index (κ2) is 11.3. The maximum atomic E-state index is 12.3. The highest BCUT2D eigenvalue weighted by Crippen LogP contribution is 2.23.